The van der Waals surface area contributed by atoms with E-state index in [-0.39, 0.29) is 11.3 Å². The summed E-state index contributed by atoms with van der Waals surface area (Å²) in [7, 11) is 0. The topological polar surface area (TPSA) is 66.0 Å². The molecule has 1 heterocycles. The van der Waals surface area contributed by atoms with Gasteiger partial charge in [0, 0.05) is 24.2 Å². The summed E-state index contributed by atoms with van der Waals surface area (Å²) in [5, 5.41) is 10.9. The molecule has 0 aliphatic heterocycles. The quantitative estimate of drug-likeness (QED) is 0.756. The van der Waals surface area contributed by atoms with Crippen LogP contribution < -0.4 is 0 Å². The zero-order chi connectivity index (χ0) is 20.2. The predicted octanol–water partition coefficient (Wildman–Crippen LogP) is 4.93. The minimum Gasteiger partial charge on any atom is -0.390 e. The highest BCUT2D eigenvalue weighted by Gasteiger charge is 2.58. The molecule has 0 saturated heterocycles. The molecular formula is C25H38N2O2. The van der Waals surface area contributed by atoms with Crippen LogP contribution >= 0.6 is 0 Å². The maximum Gasteiger partial charge on any atom is 0.142 e. The van der Waals surface area contributed by atoms with Gasteiger partial charge in [0.05, 0.1) is 11.9 Å². The number of rotatable bonds is 4. The zero-order valence-corrected chi connectivity index (χ0v) is 18.2. The number of imidazole rings is 1. The first kappa shape index (κ1) is 19.8. The Morgan fingerprint density at radius 2 is 1.97 bits per heavy atom. The van der Waals surface area contributed by atoms with E-state index in [1.54, 1.807) is 12.5 Å². The number of hydrogen-bond acceptors (Lipinski definition) is 3. The van der Waals surface area contributed by atoms with E-state index in [0.717, 1.165) is 61.0 Å². The van der Waals surface area contributed by atoms with Gasteiger partial charge >= 0.3 is 0 Å². The average molecular weight is 399 g/mol. The smallest absolute Gasteiger partial charge is 0.142 e. The van der Waals surface area contributed by atoms with E-state index in [1.807, 2.05) is 0 Å². The lowest BCUT2D eigenvalue weighted by molar-refractivity contribution is -0.132. The van der Waals surface area contributed by atoms with Crippen molar-refractivity contribution in [2.45, 2.75) is 90.1 Å². The second-order valence-corrected chi connectivity index (χ2v) is 11.2. The van der Waals surface area contributed by atoms with E-state index in [4.69, 9.17) is 0 Å². The van der Waals surface area contributed by atoms with E-state index < -0.39 is 5.60 Å². The van der Waals surface area contributed by atoms with Gasteiger partial charge in [0.15, 0.2) is 0 Å². The molecule has 29 heavy (non-hydrogen) atoms. The zero-order valence-electron chi connectivity index (χ0n) is 18.2. The highest BCUT2D eigenvalue weighted by atomic mass is 16.3. The Labute approximate surface area is 175 Å². The van der Waals surface area contributed by atoms with Crippen molar-refractivity contribution in [3.8, 4) is 0 Å². The number of Topliss-reactive ketones (excluding diaryl/α,β-unsaturated/α-hetero) is 1. The molecule has 2 N–H and O–H groups in total. The summed E-state index contributed by atoms with van der Waals surface area (Å²) in [6.07, 6.45) is 15.6. The van der Waals surface area contributed by atoms with Gasteiger partial charge in [-0.15, -0.1) is 0 Å². The second-order valence-electron chi connectivity index (χ2n) is 11.2. The first-order chi connectivity index (χ1) is 13.9. The molecular weight excluding hydrogens is 360 g/mol. The number of carbonyl (C=O) groups excluding carboxylic acids is 1. The minimum absolute atomic E-state index is 0.198. The van der Waals surface area contributed by atoms with E-state index in [0.29, 0.717) is 12.2 Å². The maximum atomic E-state index is 13.2. The highest BCUT2D eigenvalue weighted by Crippen LogP contribution is 2.64. The van der Waals surface area contributed by atoms with Gasteiger partial charge in [0.2, 0.25) is 0 Å². The molecule has 0 bridgehead atoms. The third kappa shape index (κ3) is 3.21. The Kier molecular flexibility index (Phi) is 4.92. The van der Waals surface area contributed by atoms with Crippen LogP contribution in [0.15, 0.2) is 12.5 Å². The fourth-order valence-electron chi connectivity index (χ4n) is 8.50. The van der Waals surface area contributed by atoms with Crippen molar-refractivity contribution in [2.75, 3.05) is 0 Å². The normalized spacial score (nSPS) is 46.6. The molecule has 1 aromatic rings. The number of fused-ring (bicyclic) bond motifs is 5. The Bertz CT molecular complexity index is 746. The summed E-state index contributed by atoms with van der Waals surface area (Å²) in [6, 6.07) is 0. The molecule has 0 radical (unpaired) electrons. The summed E-state index contributed by atoms with van der Waals surface area (Å²) in [5.41, 5.74) is 0.764. The fourth-order valence-corrected chi connectivity index (χ4v) is 8.50. The Balaban J connectivity index is 1.31. The van der Waals surface area contributed by atoms with Crippen LogP contribution in [0.25, 0.3) is 0 Å². The van der Waals surface area contributed by atoms with Gasteiger partial charge in [-0.2, -0.15) is 0 Å². The van der Waals surface area contributed by atoms with Gasteiger partial charge in [-0.3, -0.25) is 4.79 Å². The summed E-state index contributed by atoms with van der Waals surface area (Å²) < 4.78 is 0. The predicted molar refractivity (Wildman–Crippen MR) is 113 cm³/mol. The van der Waals surface area contributed by atoms with Crippen molar-refractivity contribution in [3.63, 3.8) is 0 Å². The Morgan fingerprint density at radius 3 is 2.72 bits per heavy atom. The summed E-state index contributed by atoms with van der Waals surface area (Å²) in [5.74, 6) is 4.60. The molecule has 0 aromatic carbocycles. The van der Waals surface area contributed by atoms with E-state index in [2.05, 4.69) is 23.8 Å². The molecule has 0 amide bonds. The van der Waals surface area contributed by atoms with Crippen molar-refractivity contribution in [1.82, 2.24) is 9.97 Å². The second kappa shape index (κ2) is 7.21. The lowest BCUT2D eigenvalue weighted by Gasteiger charge is -2.57. The molecule has 4 saturated carbocycles. The van der Waals surface area contributed by atoms with E-state index >= 15 is 0 Å². The van der Waals surface area contributed by atoms with Gasteiger partial charge in [-0.1, -0.05) is 13.8 Å². The van der Waals surface area contributed by atoms with Crippen LogP contribution in [0, 0.1) is 40.9 Å². The van der Waals surface area contributed by atoms with Gasteiger partial charge in [-0.05, 0) is 99.2 Å². The summed E-state index contributed by atoms with van der Waals surface area (Å²) in [4.78, 5) is 20.4. The van der Waals surface area contributed by atoms with Crippen LogP contribution in [0.4, 0.5) is 0 Å². The van der Waals surface area contributed by atoms with Crippen LogP contribution in [0.2, 0.25) is 0 Å². The Hall–Kier alpha value is -1.16. The number of nitrogens with zero attached hydrogens (tertiary/aromatic N) is 1. The monoisotopic (exact) mass is 398 g/mol. The van der Waals surface area contributed by atoms with Gasteiger partial charge < -0.3 is 10.1 Å². The number of aromatic amines is 1. The molecule has 8 atom stereocenters. The number of nitrogens with one attached hydrogen (secondary N) is 1. The Morgan fingerprint density at radius 1 is 1.14 bits per heavy atom. The molecule has 4 aliphatic rings. The third-order valence-corrected chi connectivity index (χ3v) is 10.1. The number of aromatic nitrogens is 2. The maximum absolute atomic E-state index is 13.2. The molecule has 4 fully saturated rings. The van der Waals surface area contributed by atoms with Crippen molar-refractivity contribution in [1.29, 1.82) is 0 Å². The number of ketones is 1. The van der Waals surface area contributed by atoms with Gasteiger partial charge in [-0.25, -0.2) is 4.98 Å². The van der Waals surface area contributed by atoms with Crippen molar-refractivity contribution < 1.29 is 9.90 Å². The van der Waals surface area contributed by atoms with Crippen LogP contribution in [0.3, 0.4) is 0 Å². The van der Waals surface area contributed by atoms with Crippen LogP contribution in [0.5, 0.6) is 0 Å². The third-order valence-electron chi connectivity index (χ3n) is 10.1. The van der Waals surface area contributed by atoms with Crippen molar-refractivity contribution in [2.24, 2.45) is 40.9 Å². The average Bonchev–Trinajstić information content (AvgIpc) is 3.34. The largest absolute Gasteiger partial charge is 0.390 e. The lowest BCUT2D eigenvalue weighted by atomic mass is 9.48. The standard InChI is InChI=1S/C25H38N2O2/c1-3-25(29)11-9-18-16(13-25)4-5-20-19(18)8-10-24(2)21(20)6-7-22(24)23(28)12-17-14-26-15-27-17/h14-16,18-22,29H,3-13H2,1-2H3,(H,26,27)/t16-,18+,19-,20-,21+,22-,24+,25-/m1/s1. The van der Waals surface area contributed by atoms with Crippen molar-refractivity contribution >= 4 is 5.78 Å². The van der Waals surface area contributed by atoms with E-state index in [9.17, 15) is 9.90 Å². The minimum atomic E-state index is -0.394. The molecule has 0 unspecified atom stereocenters. The molecule has 0 spiro atoms. The van der Waals surface area contributed by atoms with Crippen LogP contribution in [-0.2, 0) is 11.2 Å². The molecule has 4 nitrogen and oxygen atoms in total. The highest BCUT2D eigenvalue weighted by molar-refractivity contribution is 5.84. The van der Waals surface area contributed by atoms with Gasteiger partial charge in [0.1, 0.15) is 5.78 Å². The summed E-state index contributed by atoms with van der Waals surface area (Å²) in [6.45, 7) is 4.59. The number of hydrogen-bond donors (Lipinski definition) is 2. The number of aliphatic hydroxyl groups is 1. The first-order valence-corrected chi connectivity index (χ1v) is 12.2. The molecule has 5 rings (SSSR count). The van der Waals surface area contributed by atoms with Crippen molar-refractivity contribution in [3.05, 3.63) is 18.2 Å². The molecule has 4 aliphatic carbocycles. The number of H-pyrrole nitrogens is 1. The lowest BCUT2D eigenvalue weighted by Crippen LogP contribution is -2.51. The van der Waals surface area contributed by atoms with Crippen LogP contribution in [0.1, 0.15) is 83.7 Å². The SMILES string of the molecule is CC[C@@]1(O)CC[C@H]2[C@H](CC[C@@H]3[C@@H]2CC[C@]2(C)[C@@H](C(=O)Cc4cnc[nH]4)CC[C@@H]32)C1. The van der Waals surface area contributed by atoms with E-state index in [1.165, 1.54) is 38.5 Å². The van der Waals surface area contributed by atoms with Crippen LogP contribution in [-0.4, -0.2) is 26.5 Å². The molecule has 1 aromatic heterocycles. The van der Waals surface area contributed by atoms with Gasteiger partial charge in [0.25, 0.3) is 0 Å². The molecule has 4 heteroatoms. The molecule has 160 valence electrons. The number of carbonyl (C=O) groups is 1. The fraction of sp³-hybridized carbons (Fsp3) is 0.840. The first-order valence-electron chi connectivity index (χ1n) is 12.2. The summed E-state index contributed by atoms with van der Waals surface area (Å²) >= 11 is 0.